The van der Waals surface area contributed by atoms with E-state index in [0.717, 1.165) is 16.3 Å². The van der Waals surface area contributed by atoms with Crippen LogP contribution < -0.4 is 10.1 Å². The lowest BCUT2D eigenvalue weighted by Gasteiger charge is -2.24. The fourth-order valence-electron chi connectivity index (χ4n) is 3.18. The highest BCUT2D eigenvalue weighted by molar-refractivity contribution is 7.07. The van der Waals surface area contributed by atoms with Gasteiger partial charge in [-0.25, -0.2) is 4.79 Å². The van der Waals surface area contributed by atoms with E-state index in [4.69, 9.17) is 0 Å². The normalized spacial score (nSPS) is 15.1. The molecular weight excluding hydrogens is 376 g/mol. The van der Waals surface area contributed by atoms with Crippen LogP contribution in [0.4, 0.5) is 4.79 Å². The summed E-state index contributed by atoms with van der Waals surface area (Å²) in [5.41, 5.74) is 1.14. The minimum Gasteiger partial charge on any atom is -0.319 e. The fourth-order valence-corrected chi connectivity index (χ4v) is 3.92. The molecule has 28 heavy (non-hydrogen) atoms. The van der Waals surface area contributed by atoms with Crippen molar-refractivity contribution in [3.63, 3.8) is 0 Å². The summed E-state index contributed by atoms with van der Waals surface area (Å²) in [5, 5.41) is 6.41. The molecule has 8 heteroatoms. The highest BCUT2D eigenvalue weighted by atomic mass is 32.1. The van der Waals surface area contributed by atoms with Gasteiger partial charge >= 0.3 is 6.03 Å². The van der Waals surface area contributed by atoms with Crippen LogP contribution in [0.2, 0.25) is 0 Å². The molecule has 1 N–H and O–H groups in total. The molecule has 0 saturated carbocycles. The molecule has 0 aliphatic carbocycles. The molecule has 4 amide bonds. The van der Waals surface area contributed by atoms with Crippen LogP contribution in [0.3, 0.4) is 0 Å². The molecule has 2 aromatic carbocycles. The van der Waals surface area contributed by atoms with E-state index in [1.165, 1.54) is 16.2 Å². The van der Waals surface area contributed by atoms with Crippen LogP contribution in [0.15, 0.2) is 59.0 Å². The molecular formula is C20H18N4O3S. The third kappa shape index (κ3) is 3.86. The Kier molecular flexibility index (Phi) is 5.03. The quantitative estimate of drug-likeness (QED) is 0.736. The predicted molar refractivity (Wildman–Crippen MR) is 106 cm³/mol. The molecule has 0 radical (unpaired) electrons. The molecule has 1 fully saturated rings. The van der Waals surface area contributed by atoms with Gasteiger partial charge in [0.2, 0.25) is 5.91 Å². The Morgan fingerprint density at radius 3 is 2.82 bits per heavy atom. The van der Waals surface area contributed by atoms with E-state index in [2.05, 4.69) is 34.6 Å². The largest absolute Gasteiger partial charge is 0.324 e. The Bertz CT molecular complexity index is 1130. The van der Waals surface area contributed by atoms with Gasteiger partial charge in [0.1, 0.15) is 6.54 Å². The van der Waals surface area contributed by atoms with Crippen molar-refractivity contribution in [2.45, 2.75) is 13.0 Å². The van der Waals surface area contributed by atoms with Gasteiger partial charge in [-0.05, 0) is 16.3 Å². The number of imide groups is 1. The summed E-state index contributed by atoms with van der Waals surface area (Å²) in [6, 6.07) is 13.8. The van der Waals surface area contributed by atoms with Gasteiger partial charge in [0, 0.05) is 24.5 Å². The topological polar surface area (TPSA) is 83.8 Å². The minimum atomic E-state index is -0.547. The summed E-state index contributed by atoms with van der Waals surface area (Å²) in [6.07, 6.45) is 2.09. The molecule has 1 saturated heterocycles. The summed E-state index contributed by atoms with van der Waals surface area (Å²) in [5.74, 6) is -0.740. The lowest BCUT2D eigenvalue weighted by molar-refractivity contribution is -0.123. The summed E-state index contributed by atoms with van der Waals surface area (Å²) in [4.78, 5) is 41.4. The number of hydrogen-bond donors (Lipinski definition) is 1. The molecule has 1 aliphatic rings. The lowest BCUT2D eigenvalue weighted by atomic mass is 10.0. The van der Waals surface area contributed by atoms with E-state index in [0.29, 0.717) is 11.3 Å². The van der Waals surface area contributed by atoms with Crippen LogP contribution in [0.25, 0.3) is 10.8 Å². The Morgan fingerprint density at radius 2 is 1.96 bits per heavy atom. The van der Waals surface area contributed by atoms with Crippen LogP contribution in [0.1, 0.15) is 12.0 Å². The van der Waals surface area contributed by atoms with Crippen molar-refractivity contribution in [3.05, 3.63) is 64.4 Å². The molecule has 0 spiro atoms. The van der Waals surface area contributed by atoms with Crippen LogP contribution in [0, 0.1) is 0 Å². The number of fused-ring (bicyclic) bond motifs is 1. The van der Waals surface area contributed by atoms with Crippen molar-refractivity contribution >= 4 is 40.0 Å². The predicted octanol–water partition coefficient (Wildman–Crippen LogP) is 2.12. The molecule has 0 unspecified atom stereocenters. The first-order valence-corrected chi connectivity index (χ1v) is 9.75. The summed E-state index contributed by atoms with van der Waals surface area (Å²) in [6.45, 7) is 0.674. The maximum atomic E-state index is 12.3. The average Bonchev–Trinajstić information content (AvgIpc) is 3.11. The molecule has 2 heterocycles. The molecule has 0 atom stereocenters. The second-order valence-corrected chi connectivity index (χ2v) is 7.36. The second-order valence-electron chi connectivity index (χ2n) is 6.48. The zero-order valence-electron chi connectivity index (χ0n) is 15.0. The molecule has 0 bridgehead atoms. The van der Waals surface area contributed by atoms with Gasteiger partial charge in [0.15, 0.2) is 4.80 Å². The second kappa shape index (κ2) is 7.77. The third-order valence-electron chi connectivity index (χ3n) is 4.57. The number of nitrogens with one attached hydrogen (secondary N) is 1. The number of amides is 4. The molecule has 3 aromatic rings. The van der Waals surface area contributed by atoms with Crippen molar-refractivity contribution < 1.29 is 14.4 Å². The first-order valence-electron chi connectivity index (χ1n) is 8.87. The number of rotatable bonds is 4. The number of carbonyl (C=O) groups is 3. The molecule has 1 aliphatic heterocycles. The van der Waals surface area contributed by atoms with Crippen molar-refractivity contribution in [3.8, 4) is 0 Å². The first kappa shape index (κ1) is 18.1. The third-order valence-corrected chi connectivity index (χ3v) is 5.36. The number of benzene rings is 2. The number of nitrogens with zero attached hydrogens (tertiary/aromatic N) is 3. The lowest BCUT2D eigenvalue weighted by Crippen LogP contribution is -2.50. The number of urea groups is 1. The highest BCUT2D eigenvalue weighted by Gasteiger charge is 2.24. The van der Waals surface area contributed by atoms with Gasteiger partial charge in [-0.1, -0.05) is 42.5 Å². The maximum Gasteiger partial charge on any atom is 0.324 e. The van der Waals surface area contributed by atoms with Crippen LogP contribution >= 0.6 is 11.3 Å². The molecule has 142 valence electrons. The SMILES string of the molecule is O=C(CN1CCC(=O)NC1=O)N=c1sccn1Cc1cccc2ccccc12. The van der Waals surface area contributed by atoms with E-state index >= 15 is 0 Å². The summed E-state index contributed by atoms with van der Waals surface area (Å²) >= 11 is 1.37. The maximum absolute atomic E-state index is 12.3. The Labute approximate surface area is 164 Å². The van der Waals surface area contributed by atoms with E-state index in [9.17, 15) is 14.4 Å². The van der Waals surface area contributed by atoms with E-state index in [-0.39, 0.29) is 25.4 Å². The highest BCUT2D eigenvalue weighted by Crippen LogP contribution is 2.19. The van der Waals surface area contributed by atoms with Crippen molar-refractivity contribution in [1.29, 1.82) is 0 Å². The molecule has 4 rings (SSSR count). The summed E-state index contributed by atoms with van der Waals surface area (Å²) in [7, 11) is 0. The number of thiazole rings is 1. The van der Waals surface area contributed by atoms with Crippen molar-refractivity contribution in [2.24, 2.45) is 4.99 Å². The first-order chi connectivity index (χ1) is 13.6. The van der Waals surface area contributed by atoms with Gasteiger partial charge in [0.05, 0.1) is 6.54 Å². The van der Waals surface area contributed by atoms with E-state index in [1.807, 2.05) is 34.3 Å². The van der Waals surface area contributed by atoms with Crippen molar-refractivity contribution in [2.75, 3.05) is 13.1 Å². The van der Waals surface area contributed by atoms with Gasteiger partial charge in [0.25, 0.3) is 5.91 Å². The zero-order valence-corrected chi connectivity index (χ0v) is 15.8. The average molecular weight is 394 g/mol. The van der Waals surface area contributed by atoms with Gasteiger partial charge in [-0.2, -0.15) is 4.99 Å². The zero-order chi connectivity index (χ0) is 19.5. The van der Waals surface area contributed by atoms with Gasteiger partial charge < -0.3 is 9.47 Å². The van der Waals surface area contributed by atoms with E-state index in [1.54, 1.807) is 0 Å². The van der Waals surface area contributed by atoms with Crippen LogP contribution in [-0.2, 0) is 16.1 Å². The van der Waals surface area contributed by atoms with Gasteiger partial charge in [-0.15, -0.1) is 11.3 Å². The minimum absolute atomic E-state index is 0.148. The van der Waals surface area contributed by atoms with Crippen LogP contribution in [-0.4, -0.2) is 40.4 Å². The smallest absolute Gasteiger partial charge is 0.319 e. The number of aromatic nitrogens is 1. The van der Waals surface area contributed by atoms with E-state index < -0.39 is 11.9 Å². The van der Waals surface area contributed by atoms with Crippen LogP contribution in [0.5, 0.6) is 0 Å². The number of carbonyl (C=O) groups excluding carboxylic acids is 3. The number of hydrogen-bond acceptors (Lipinski definition) is 4. The van der Waals surface area contributed by atoms with Crippen molar-refractivity contribution in [1.82, 2.24) is 14.8 Å². The Balaban J connectivity index is 1.54. The Morgan fingerprint density at radius 1 is 1.14 bits per heavy atom. The monoisotopic (exact) mass is 394 g/mol. The Hall–Kier alpha value is -3.26. The summed E-state index contributed by atoms with van der Waals surface area (Å²) < 4.78 is 1.92. The molecule has 7 nitrogen and oxygen atoms in total. The molecule has 1 aromatic heterocycles. The fraction of sp³-hybridized carbons (Fsp3) is 0.200. The van der Waals surface area contributed by atoms with Gasteiger partial charge in [-0.3, -0.25) is 14.9 Å². The standard InChI is InChI=1S/C20H18N4O3S/c25-17-8-9-23(19(27)21-17)13-18(26)22-20-24(10-11-28-20)12-15-6-3-5-14-4-1-2-7-16(14)15/h1-7,10-11H,8-9,12-13H2,(H,21,25,27).